The summed E-state index contributed by atoms with van der Waals surface area (Å²) in [5.74, 6) is 0. The molecule has 1 unspecified atom stereocenters. The van der Waals surface area contributed by atoms with Crippen LogP contribution in [0.3, 0.4) is 0 Å². The normalized spacial score (nSPS) is 15.8. The first-order chi connectivity index (χ1) is 5.17. The van der Waals surface area contributed by atoms with E-state index in [1.54, 1.807) is 6.66 Å². The van der Waals surface area contributed by atoms with E-state index in [1.165, 1.54) is 0 Å². The van der Waals surface area contributed by atoms with Crippen molar-refractivity contribution >= 4 is 12.4 Å². The molecule has 0 aliphatic heterocycles. The number of rotatable bonds is 2. The summed E-state index contributed by atoms with van der Waals surface area (Å²) in [6.07, 6.45) is 0.247. The van der Waals surface area contributed by atoms with Crippen LogP contribution in [0.1, 0.15) is 0 Å². The van der Waals surface area contributed by atoms with Crippen molar-refractivity contribution in [1.82, 2.24) is 0 Å². The van der Waals surface area contributed by atoms with E-state index in [0.29, 0.717) is 0 Å². The molecule has 1 aromatic carbocycles. The largest absolute Gasteiger partial charge is 0.324 e. The molecule has 0 fully saturated rings. The van der Waals surface area contributed by atoms with Crippen LogP contribution in [-0.2, 0) is 4.57 Å². The van der Waals surface area contributed by atoms with Gasteiger partial charge in [-0.15, -0.1) is 0 Å². The summed E-state index contributed by atoms with van der Waals surface area (Å²) in [4.78, 5) is 0. The molecule has 0 aromatic heterocycles. The fourth-order valence-electron chi connectivity index (χ4n) is 0.849. The highest BCUT2D eigenvalue weighted by molar-refractivity contribution is 7.70. The van der Waals surface area contributed by atoms with Gasteiger partial charge in [-0.3, -0.25) is 0 Å². The first-order valence-electron chi connectivity index (χ1n) is 3.49. The number of benzene rings is 1. The fourth-order valence-corrected chi connectivity index (χ4v) is 1.86. The molecule has 0 aliphatic rings. The molecule has 1 aromatic rings. The summed E-state index contributed by atoms with van der Waals surface area (Å²) in [6.45, 7) is 1.71. The average molecular weight is 169 g/mol. The number of hydrogen-bond acceptors (Lipinski definition) is 2. The topological polar surface area (TPSA) is 43.1 Å². The summed E-state index contributed by atoms with van der Waals surface area (Å²) in [7, 11) is -2.25. The monoisotopic (exact) mass is 169 g/mol. The van der Waals surface area contributed by atoms with Crippen molar-refractivity contribution in [2.45, 2.75) is 0 Å². The average Bonchev–Trinajstić information content (AvgIpc) is 2.06. The molecule has 0 radical (unpaired) electrons. The van der Waals surface area contributed by atoms with Crippen LogP contribution in [0.25, 0.3) is 0 Å². The predicted octanol–water partition coefficient (Wildman–Crippen LogP) is 1.22. The Labute approximate surface area is 66.8 Å². The van der Waals surface area contributed by atoms with Crippen molar-refractivity contribution in [2.75, 3.05) is 13.0 Å². The molecule has 11 heavy (non-hydrogen) atoms. The van der Waals surface area contributed by atoms with E-state index >= 15 is 0 Å². The van der Waals surface area contributed by atoms with Gasteiger partial charge in [-0.2, -0.15) is 0 Å². The molecule has 0 amide bonds. The van der Waals surface area contributed by atoms with E-state index in [9.17, 15) is 4.57 Å². The van der Waals surface area contributed by atoms with Gasteiger partial charge in [0.15, 0.2) is 0 Å². The van der Waals surface area contributed by atoms with E-state index in [-0.39, 0.29) is 6.29 Å². The zero-order chi connectivity index (χ0) is 8.32. The highest BCUT2D eigenvalue weighted by Gasteiger charge is 2.14. The van der Waals surface area contributed by atoms with Gasteiger partial charge < -0.3 is 10.3 Å². The maximum absolute atomic E-state index is 11.7. The van der Waals surface area contributed by atoms with Crippen molar-refractivity contribution in [2.24, 2.45) is 5.73 Å². The Balaban J connectivity index is 3.03. The molecule has 0 bridgehead atoms. The zero-order valence-electron chi connectivity index (χ0n) is 6.53. The Hall–Kier alpha value is -0.590. The third-order valence-corrected chi connectivity index (χ3v) is 3.74. The molecule has 0 aliphatic carbocycles. The molecule has 0 saturated heterocycles. The fraction of sp³-hybridized carbons (Fsp3) is 0.250. The highest BCUT2D eigenvalue weighted by Crippen LogP contribution is 2.36. The third-order valence-electron chi connectivity index (χ3n) is 1.65. The summed E-state index contributed by atoms with van der Waals surface area (Å²) in [5, 5.41) is 0.863. The number of nitrogens with two attached hydrogens (primary N) is 1. The molecule has 1 atom stereocenters. The van der Waals surface area contributed by atoms with Crippen molar-refractivity contribution in [1.29, 1.82) is 0 Å². The Kier molecular flexibility index (Phi) is 2.48. The Morgan fingerprint density at radius 2 is 1.91 bits per heavy atom. The van der Waals surface area contributed by atoms with Gasteiger partial charge in [-0.1, -0.05) is 30.3 Å². The minimum absolute atomic E-state index is 0.247. The Bertz CT molecular complexity index is 271. The molecule has 60 valence electrons. The summed E-state index contributed by atoms with van der Waals surface area (Å²) >= 11 is 0. The minimum Gasteiger partial charge on any atom is -0.324 e. The van der Waals surface area contributed by atoms with Crippen molar-refractivity contribution < 1.29 is 4.57 Å². The lowest BCUT2D eigenvalue weighted by Gasteiger charge is -2.08. The second-order valence-electron chi connectivity index (χ2n) is 2.62. The summed E-state index contributed by atoms with van der Waals surface area (Å²) in [6, 6.07) is 9.36. The predicted molar refractivity (Wildman–Crippen MR) is 48.7 cm³/mol. The van der Waals surface area contributed by atoms with Crippen molar-refractivity contribution in [3.05, 3.63) is 30.3 Å². The molecule has 1 rings (SSSR count). The van der Waals surface area contributed by atoms with E-state index < -0.39 is 7.14 Å². The van der Waals surface area contributed by atoms with Gasteiger partial charge in [0, 0.05) is 5.30 Å². The maximum Gasteiger partial charge on any atom is 0.125 e. The van der Waals surface area contributed by atoms with Crippen molar-refractivity contribution in [3.8, 4) is 0 Å². The third kappa shape index (κ3) is 1.92. The first-order valence-corrected chi connectivity index (χ1v) is 5.83. The first kappa shape index (κ1) is 8.51. The molecule has 0 spiro atoms. The lowest BCUT2D eigenvalue weighted by atomic mass is 10.4. The molecule has 0 saturated carbocycles. The van der Waals surface area contributed by atoms with Crippen LogP contribution in [-0.4, -0.2) is 13.0 Å². The Morgan fingerprint density at radius 1 is 1.36 bits per heavy atom. The molecular weight excluding hydrogens is 157 g/mol. The van der Waals surface area contributed by atoms with Crippen LogP contribution in [0.5, 0.6) is 0 Å². The van der Waals surface area contributed by atoms with Gasteiger partial charge in [-0.25, -0.2) is 0 Å². The van der Waals surface area contributed by atoms with Gasteiger partial charge in [-0.05, 0) is 6.66 Å². The molecule has 3 heteroatoms. The SMILES string of the molecule is CP(=O)(CN)c1ccccc1. The van der Waals surface area contributed by atoms with Gasteiger partial charge in [0.05, 0.1) is 6.29 Å². The molecule has 2 N–H and O–H groups in total. The standard InChI is InChI=1S/C8H12NOP/c1-11(10,7-9)8-5-3-2-4-6-8/h2-6H,7,9H2,1H3. The van der Waals surface area contributed by atoms with Crippen LogP contribution in [0, 0.1) is 0 Å². The van der Waals surface area contributed by atoms with Crippen LogP contribution >= 0.6 is 7.14 Å². The molecule has 0 heterocycles. The van der Waals surface area contributed by atoms with Crippen LogP contribution in [0.4, 0.5) is 0 Å². The van der Waals surface area contributed by atoms with Gasteiger partial charge >= 0.3 is 0 Å². The smallest absolute Gasteiger partial charge is 0.125 e. The van der Waals surface area contributed by atoms with Crippen LogP contribution in [0.2, 0.25) is 0 Å². The lowest BCUT2D eigenvalue weighted by molar-refractivity contribution is 0.585. The molecule has 2 nitrogen and oxygen atoms in total. The van der Waals surface area contributed by atoms with E-state index in [4.69, 9.17) is 5.73 Å². The van der Waals surface area contributed by atoms with Gasteiger partial charge in [0.1, 0.15) is 7.14 Å². The maximum atomic E-state index is 11.7. The molecular formula is C8H12NOP. The van der Waals surface area contributed by atoms with E-state index in [0.717, 1.165) is 5.30 Å². The van der Waals surface area contributed by atoms with E-state index in [1.807, 2.05) is 30.3 Å². The summed E-state index contributed by atoms with van der Waals surface area (Å²) < 4.78 is 11.7. The lowest BCUT2D eigenvalue weighted by Crippen LogP contribution is -2.11. The second kappa shape index (κ2) is 3.21. The van der Waals surface area contributed by atoms with E-state index in [2.05, 4.69) is 0 Å². The second-order valence-corrected chi connectivity index (χ2v) is 5.70. The minimum atomic E-state index is -2.25. The quantitative estimate of drug-likeness (QED) is 0.676. The Morgan fingerprint density at radius 3 is 2.36 bits per heavy atom. The van der Waals surface area contributed by atoms with Gasteiger partial charge in [0.25, 0.3) is 0 Å². The van der Waals surface area contributed by atoms with Gasteiger partial charge in [0.2, 0.25) is 0 Å². The number of hydrogen-bond donors (Lipinski definition) is 1. The van der Waals surface area contributed by atoms with Crippen LogP contribution < -0.4 is 11.0 Å². The van der Waals surface area contributed by atoms with Crippen molar-refractivity contribution in [3.63, 3.8) is 0 Å². The summed E-state index contributed by atoms with van der Waals surface area (Å²) in [5.41, 5.74) is 5.38. The highest BCUT2D eigenvalue weighted by atomic mass is 31.2. The zero-order valence-corrected chi connectivity index (χ0v) is 7.42. The van der Waals surface area contributed by atoms with Crippen LogP contribution in [0.15, 0.2) is 30.3 Å².